The molecule has 0 saturated carbocycles. The van der Waals surface area contributed by atoms with Gasteiger partial charge < -0.3 is 14.6 Å². The highest BCUT2D eigenvalue weighted by atomic mass is 32.1. The van der Waals surface area contributed by atoms with Gasteiger partial charge in [-0.05, 0) is 49.9 Å². The van der Waals surface area contributed by atoms with Crippen LogP contribution in [0.15, 0.2) is 53.3 Å². The lowest BCUT2D eigenvalue weighted by molar-refractivity contribution is -0.133. The number of aromatic nitrogens is 3. The number of thiazole rings is 1. The number of aryl methyl sites for hydroxylation is 1. The number of aromatic amines is 1. The van der Waals surface area contributed by atoms with Crippen LogP contribution >= 0.6 is 11.3 Å². The predicted molar refractivity (Wildman–Crippen MR) is 129 cm³/mol. The Morgan fingerprint density at radius 3 is 2.76 bits per heavy atom. The molecule has 0 spiro atoms. The molecule has 1 aliphatic rings. The van der Waals surface area contributed by atoms with Crippen LogP contribution in [0.25, 0.3) is 21.1 Å². The maximum absolute atomic E-state index is 13.2. The molecule has 1 amide bonds. The minimum absolute atomic E-state index is 0.0328. The molecule has 0 bridgehead atoms. The van der Waals surface area contributed by atoms with Gasteiger partial charge in [0, 0.05) is 19.6 Å². The maximum Gasteiger partial charge on any atom is 0.258 e. The molecule has 4 aromatic rings. The number of carbonyl (C=O) groups excluding carboxylic acids is 1. The number of hydrogen-bond donors (Lipinski definition) is 1. The van der Waals surface area contributed by atoms with E-state index in [2.05, 4.69) is 21.0 Å². The van der Waals surface area contributed by atoms with Crippen LogP contribution in [-0.4, -0.2) is 45.0 Å². The Morgan fingerprint density at radius 1 is 1.12 bits per heavy atom. The van der Waals surface area contributed by atoms with Crippen molar-refractivity contribution in [2.75, 3.05) is 13.2 Å². The van der Waals surface area contributed by atoms with Crippen molar-refractivity contribution in [1.82, 2.24) is 19.9 Å². The average molecular weight is 463 g/mol. The van der Waals surface area contributed by atoms with Crippen molar-refractivity contribution in [3.63, 3.8) is 0 Å². The van der Waals surface area contributed by atoms with Gasteiger partial charge in [0.15, 0.2) is 0 Å². The number of hydrogen-bond acceptors (Lipinski definition) is 6. The van der Waals surface area contributed by atoms with E-state index in [0.29, 0.717) is 29.7 Å². The number of H-pyrrole nitrogens is 1. The molecular formula is C25H26N4O3S. The van der Waals surface area contributed by atoms with E-state index in [1.54, 1.807) is 22.3 Å². The van der Waals surface area contributed by atoms with Gasteiger partial charge in [-0.15, -0.1) is 11.3 Å². The van der Waals surface area contributed by atoms with Gasteiger partial charge in [-0.25, -0.2) is 9.97 Å². The zero-order chi connectivity index (χ0) is 22.6. The van der Waals surface area contributed by atoms with E-state index in [-0.39, 0.29) is 24.1 Å². The summed E-state index contributed by atoms with van der Waals surface area (Å²) in [6, 6.07) is 15.3. The average Bonchev–Trinajstić information content (AvgIpc) is 3.48. The van der Waals surface area contributed by atoms with E-state index >= 15 is 0 Å². The molecule has 3 heterocycles. The molecule has 2 aromatic carbocycles. The van der Waals surface area contributed by atoms with Crippen molar-refractivity contribution < 1.29 is 9.53 Å². The number of carbonyl (C=O) groups is 1. The van der Waals surface area contributed by atoms with Gasteiger partial charge in [0.1, 0.15) is 5.82 Å². The molecule has 0 aliphatic carbocycles. The molecule has 0 radical (unpaired) electrons. The third kappa shape index (κ3) is 5.12. The molecule has 1 saturated heterocycles. The van der Waals surface area contributed by atoms with E-state index in [0.717, 1.165) is 42.8 Å². The van der Waals surface area contributed by atoms with E-state index in [1.165, 1.54) is 4.70 Å². The quantitative estimate of drug-likeness (QED) is 0.427. The fourth-order valence-corrected chi connectivity index (χ4v) is 5.26. The number of ether oxygens (including phenoxy) is 1. The molecular weight excluding hydrogens is 436 g/mol. The minimum Gasteiger partial charge on any atom is -0.376 e. The highest BCUT2D eigenvalue weighted by Crippen LogP contribution is 2.23. The number of fused-ring (bicyclic) bond motifs is 2. The van der Waals surface area contributed by atoms with Gasteiger partial charge in [0.25, 0.3) is 5.56 Å². The maximum atomic E-state index is 13.2. The molecule has 8 heteroatoms. The number of rotatable bonds is 8. The molecule has 1 N–H and O–H groups in total. The second-order valence-corrected chi connectivity index (χ2v) is 9.48. The lowest BCUT2D eigenvalue weighted by Gasteiger charge is -2.25. The molecule has 7 nitrogen and oxygen atoms in total. The number of amides is 1. The van der Waals surface area contributed by atoms with Crippen LogP contribution in [0.1, 0.15) is 36.5 Å². The number of para-hydroxylation sites is 2. The lowest BCUT2D eigenvalue weighted by Crippen LogP contribution is -2.37. The first-order chi connectivity index (χ1) is 16.2. The summed E-state index contributed by atoms with van der Waals surface area (Å²) in [5, 5.41) is 1.60. The molecule has 33 heavy (non-hydrogen) atoms. The third-order valence-electron chi connectivity index (χ3n) is 5.92. The topological polar surface area (TPSA) is 88.2 Å². The van der Waals surface area contributed by atoms with Crippen LogP contribution in [0, 0.1) is 0 Å². The lowest BCUT2D eigenvalue weighted by atomic mass is 10.2. The normalized spacial score (nSPS) is 15.9. The first-order valence-electron chi connectivity index (χ1n) is 11.4. The van der Waals surface area contributed by atoms with Crippen molar-refractivity contribution in [3.8, 4) is 0 Å². The standard InChI is InChI=1S/C25H26N4O3S/c30-24(13-5-12-23-27-20-10-3-4-11-21(20)33-23)29(15-17-7-6-14-32-17)16-22-26-19-9-2-1-8-18(19)25(31)28-22/h1-4,8-11,17H,5-7,12-16H2,(H,26,28,31)/t17-/m0/s1. The summed E-state index contributed by atoms with van der Waals surface area (Å²) in [6.45, 7) is 1.51. The molecule has 1 fully saturated rings. The Morgan fingerprint density at radius 2 is 1.94 bits per heavy atom. The fraction of sp³-hybridized carbons (Fsp3) is 0.360. The van der Waals surface area contributed by atoms with Gasteiger partial charge in [-0.2, -0.15) is 0 Å². The van der Waals surface area contributed by atoms with Crippen molar-refractivity contribution in [2.45, 2.75) is 44.8 Å². The van der Waals surface area contributed by atoms with Gasteiger partial charge in [-0.1, -0.05) is 24.3 Å². The highest BCUT2D eigenvalue weighted by Gasteiger charge is 2.23. The second kappa shape index (κ2) is 9.80. The van der Waals surface area contributed by atoms with E-state index < -0.39 is 0 Å². The van der Waals surface area contributed by atoms with Crippen LogP contribution in [0.4, 0.5) is 0 Å². The SMILES string of the molecule is O=C(CCCc1nc2ccccc2s1)N(Cc1nc2ccccc2c(=O)[nH]1)C[C@@H]1CCCO1. The summed E-state index contributed by atoms with van der Waals surface area (Å²) in [5.74, 6) is 0.540. The van der Waals surface area contributed by atoms with Gasteiger partial charge in [0.05, 0.1) is 38.8 Å². The smallest absolute Gasteiger partial charge is 0.258 e. The summed E-state index contributed by atoms with van der Waals surface area (Å²) < 4.78 is 6.95. The summed E-state index contributed by atoms with van der Waals surface area (Å²) in [4.78, 5) is 39.5. The molecule has 5 rings (SSSR count). The Kier molecular flexibility index (Phi) is 6.46. The van der Waals surface area contributed by atoms with Crippen molar-refractivity contribution >= 4 is 38.4 Å². The molecule has 170 valence electrons. The predicted octanol–water partition coefficient (Wildman–Crippen LogP) is 4.06. The fourth-order valence-electron chi connectivity index (χ4n) is 4.26. The van der Waals surface area contributed by atoms with Crippen LogP contribution in [0.5, 0.6) is 0 Å². The van der Waals surface area contributed by atoms with E-state index in [4.69, 9.17) is 4.74 Å². The number of nitrogens with one attached hydrogen (secondary N) is 1. The molecule has 1 atom stereocenters. The van der Waals surface area contributed by atoms with Crippen LogP contribution in [0.2, 0.25) is 0 Å². The second-order valence-electron chi connectivity index (χ2n) is 8.37. The van der Waals surface area contributed by atoms with Crippen molar-refractivity contribution in [2.24, 2.45) is 0 Å². The highest BCUT2D eigenvalue weighted by molar-refractivity contribution is 7.18. The first-order valence-corrected chi connectivity index (χ1v) is 12.2. The molecule has 0 unspecified atom stereocenters. The third-order valence-corrected chi connectivity index (χ3v) is 7.02. The summed E-state index contributed by atoms with van der Waals surface area (Å²) >= 11 is 1.68. The van der Waals surface area contributed by atoms with Crippen LogP contribution in [-0.2, 0) is 22.5 Å². The zero-order valence-corrected chi connectivity index (χ0v) is 19.1. The summed E-state index contributed by atoms with van der Waals surface area (Å²) in [6.07, 6.45) is 3.89. The van der Waals surface area contributed by atoms with Gasteiger partial charge in [-0.3, -0.25) is 9.59 Å². The minimum atomic E-state index is -0.184. The van der Waals surface area contributed by atoms with Crippen LogP contribution in [0.3, 0.4) is 0 Å². The summed E-state index contributed by atoms with van der Waals surface area (Å²) in [5.41, 5.74) is 1.46. The number of nitrogens with zero attached hydrogens (tertiary/aromatic N) is 3. The van der Waals surface area contributed by atoms with Gasteiger partial charge >= 0.3 is 0 Å². The van der Waals surface area contributed by atoms with E-state index in [9.17, 15) is 9.59 Å². The molecule has 1 aliphatic heterocycles. The number of benzene rings is 2. The Labute approximate surface area is 195 Å². The largest absolute Gasteiger partial charge is 0.376 e. The summed E-state index contributed by atoms with van der Waals surface area (Å²) in [7, 11) is 0. The first kappa shape index (κ1) is 21.7. The van der Waals surface area contributed by atoms with Crippen molar-refractivity contribution in [3.05, 3.63) is 69.7 Å². The molecule has 2 aromatic heterocycles. The zero-order valence-electron chi connectivity index (χ0n) is 18.3. The van der Waals surface area contributed by atoms with Gasteiger partial charge in [0.2, 0.25) is 5.91 Å². The Bertz CT molecular complexity index is 1290. The Balaban J connectivity index is 1.28. The Hall–Kier alpha value is -3.10. The van der Waals surface area contributed by atoms with E-state index in [1.807, 2.05) is 36.4 Å². The van der Waals surface area contributed by atoms with Crippen molar-refractivity contribution in [1.29, 1.82) is 0 Å². The monoisotopic (exact) mass is 462 g/mol. The van der Waals surface area contributed by atoms with Crippen LogP contribution < -0.4 is 5.56 Å².